The largest absolute Gasteiger partial charge is 0.493 e. The smallest absolute Gasteiger partial charge is 0.331 e. The van der Waals surface area contributed by atoms with Crippen molar-refractivity contribution in [3.05, 3.63) is 65.7 Å². The average molecular weight is 380 g/mol. The molecule has 0 aromatic heterocycles. The summed E-state index contributed by atoms with van der Waals surface area (Å²) in [7, 11) is 1.48. The van der Waals surface area contributed by atoms with Gasteiger partial charge in [-0.05, 0) is 29.3 Å². The summed E-state index contributed by atoms with van der Waals surface area (Å²) < 4.78 is 15.3. The maximum absolute atomic E-state index is 11.8. The highest BCUT2D eigenvalue weighted by Crippen LogP contribution is 2.28. The second-order valence-corrected chi connectivity index (χ2v) is 5.56. The summed E-state index contributed by atoms with van der Waals surface area (Å²) in [5, 5.41) is 11.2. The summed E-state index contributed by atoms with van der Waals surface area (Å²) in [6, 6.07) is 16.3. The van der Waals surface area contributed by atoms with Crippen LogP contribution in [0.15, 0.2) is 54.6 Å². The van der Waals surface area contributed by atoms with Crippen LogP contribution >= 0.6 is 0 Å². The normalized spacial score (nSPS) is 10.1. The quantitative estimate of drug-likeness (QED) is 0.530. The molecule has 0 saturated carbocycles. The SMILES string of the molecule is COc1cc(/C=C/C(=O)OCC(=O)NCc2ccccc2)ccc1OCC#N. The highest BCUT2D eigenvalue weighted by molar-refractivity contribution is 5.89. The van der Waals surface area contributed by atoms with Crippen molar-refractivity contribution in [1.82, 2.24) is 5.32 Å². The first-order chi connectivity index (χ1) is 13.6. The Labute approximate surface area is 163 Å². The fourth-order valence-corrected chi connectivity index (χ4v) is 2.21. The van der Waals surface area contributed by atoms with E-state index >= 15 is 0 Å². The third-order valence-corrected chi connectivity index (χ3v) is 3.57. The molecule has 2 rings (SSSR count). The van der Waals surface area contributed by atoms with E-state index in [-0.39, 0.29) is 19.1 Å². The molecule has 7 nitrogen and oxygen atoms in total. The predicted molar refractivity (Wildman–Crippen MR) is 102 cm³/mol. The standard InChI is InChI=1S/C21H20N2O5/c1-26-19-13-16(7-9-18(19)27-12-11-22)8-10-21(25)28-15-20(24)23-14-17-5-3-2-4-6-17/h2-10,13H,12,14-15H2,1H3,(H,23,24)/b10-8+. The molecule has 0 aliphatic heterocycles. The lowest BCUT2D eigenvalue weighted by Gasteiger charge is -2.08. The third kappa shape index (κ3) is 6.84. The van der Waals surface area contributed by atoms with Gasteiger partial charge in [-0.25, -0.2) is 4.79 Å². The molecule has 144 valence electrons. The number of nitriles is 1. The zero-order valence-electron chi connectivity index (χ0n) is 15.4. The van der Waals surface area contributed by atoms with E-state index in [1.165, 1.54) is 19.3 Å². The fourth-order valence-electron chi connectivity index (χ4n) is 2.21. The summed E-state index contributed by atoms with van der Waals surface area (Å²) in [6.45, 7) is -0.0858. The van der Waals surface area contributed by atoms with Crippen molar-refractivity contribution in [3.63, 3.8) is 0 Å². The van der Waals surface area contributed by atoms with Gasteiger partial charge in [0, 0.05) is 12.6 Å². The first-order valence-electron chi connectivity index (χ1n) is 8.45. The highest BCUT2D eigenvalue weighted by Gasteiger charge is 2.07. The molecule has 0 aliphatic carbocycles. The number of amides is 1. The van der Waals surface area contributed by atoms with Crippen LogP contribution in [-0.4, -0.2) is 32.2 Å². The molecule has 2 aromatic carbocycles. The number of methoxy groups -OCH3 is 1. The second-order valence-electron chi connectivity index (χ2n) is 5.56. The molecule has 0 radical (unpaired) electrons. The lowest BCUT2D eigenvalue weighted by atomic mass is 10.2. The molecule has 0 bridgehead atoms. The predicted octanol–water partition coefficient (Wildman–Crippen LogP) is 2.47. The molecule has 0 unspecified atom stereocenters. The van der Waals surface area contributed by atoms with E-state index < -0.39 is 5.97 Å². The van der Waals surface area contributed by atoms with Crippen molar-refractivity contribution >= 4 is 18.0 Å². The number of esters is 1. The molecule has 2 aromatic rings. The Kier molecular flexibility index (Phi) is 8.09. The molecule has 0 aliphatic rings. The van der Waals surface area contributed by atoms with Crippen LogP contribution in [0.2, 0.25) is 0 Å². The van der Waals surface area contributed by atoms with E-state index in [0.717, 1.165) is 5.56 Å². The summed E-state index contributed by atoms with van der Waals surface area (Å²) in [5.74, 6) is -0.158. The minimum atomic E-state index is -0.640. The van der Waals surface area contributed by atoms with Gasteiger partial charge in [-0.15, -0.1) is 0 Å². The van der Waals surface area contributed by atoms with Gasteiger partial charge in [0.1, 0.15) is 6.07 Å². The highest BCUT2D eigenvalue weighted by atomic mass is 16.5. The minimum Gasteiger partial charge on any atom is -0.493 e. The van der Waals surface area contributed by atoms with Gasteiger partial charge in [0.2, 0.25) is 0 Å². The molecule has 1 amide bonds. The van der Waals surface area contributed by atoms with Crippen LogP contribution in [0.25, 0.3) is 6.08 Å². The van der Waals surface area contributed by atoms with Crippen LogP contribution in [0.1, 0.15) is 11.1 Å². The van der Waals surface area contributed by atoms with Gasteiger partial charge in [-0.1, -0.05) is 36.4 Å². The fraction of sp³-hybridized carbons (Fsp3) is 0.190. The van der Waals surface area contributed by atoms with Gasteiger partial charge >= 0.3 is 5.97 Å². The second kappa shape index (κ2) is 11.0. The van der Waals surface area contributed by atoms with Crippen molar-refractivity contribution in [2.45, 2.75) is 6.54 Å². The number of carbonyl (C=O) groups is 2. The van der Waals surface area contributed by atoms with Gasteiger partial charge in [0.05, 0.1) is 7.11 Å². The Morgan fingerprint density at radius 2 is 1.93 bits per heavy atom. The van der Waals surface area contributed by atoms with E-state index in [4.69, 9.17) is 19.5 Å². The zero-order valence-corrected chi connectivity index (χ0v) is 15.4. The monoisotopic (exact) mass is 380 g/mol. The van der Waals surface area contributed by atoms with Crippen molar-refractivity contribution in [2.24, 2.45) is 0 Å². The lowest BCUT2D eigenvalue weighted by molar-refractivity contribution is -0.143. The maximum atomic E-state index is 11.8. The van der Waals surface area contributed by atoms with E-state index in [1.54, 1.807) is 18.2 Å². The summed E-state index contributed by atoms with van der Waals surface area (Å²) in [5.41, 5.74) is 1.63. The number of rotatable bonds is 9. The van der Waals surface area contributed by atoms with Gasteiger partial charge in [-0.2, -0.15) is 5.26 Å². The van der Waals surface area contributed by atoms with Crippen LogP contribution in [0.5, 0.6) is 11.5 Å². The Morgan fingerprint density at radius 3 is 2.64 bits per heavy atom. The van der Waals surface area contributed by atoms with Gasteiger partial charge in [0.15, 0.2) is 24.7 Å². The molecule has 0 heterocycles. The van der Waals surface area contributed by atoms with Gasteiger partial charge < -0.3 is 19.5 Å². The van der Waals surface area contributed by atoms with Crippen LogP contribution in [0.3, 0.4) is 0 Å². The maximum Gasteiger partial charge on any atom is 0.331 e. The van der Waals surface area contributed by atoms with E-state index in [2.05, 4.69) is 5.32 Å². The number of hydrogen-bond acceptors (Lipinski definition) is 6. The lowest BCUT2D eigenvalue weighted by Crippen LogP contribution is -2.28. The van der Waals surface area contributed by atoms with Crippen LogP contribution in [-0.2, 0) is 20.9 Å². The van der Waals surface area contributed by atoms with Gasteiger partial charge in [-0.3, -0.25) is 4.79 Å². The molecular formula is C21H20N2O5. The summed E-state index contributed by atoms with van der Waals surface area (Å²) >= 11 is 0. The number of carbonyl (C=O) groups excluding carboxylic acids is 2. The number of benzene rings is 2. The third-order valence-electron chi connectivity index (χ3n) is 3.57. The summed E-state index contributed by atoms with van der Waals surface area (Å²) in [4.78, 5) is 23.5. The molecule has 0 atom stereocenters. The number of ether oxygens (including phenoxy) is 3. The molecule has 0 saturated heterocycles. The van der Waals surface area contributed by atoms with Crippen LogP contribution in [0.4, 0.5) is 0 Å². The molecule has 0 fully saturated rings. The Hall–Kier alpha value is -3.79. The number of hydrogen-bond donors (Lipinski definition) is 1. The minimum absolute atomic E-state index is 0.0930. The topological polar surface area (TPSA) is 97.7 Å². The zero-order chi connectivity index (χ0) is 20.2. The number of nitrogens with one attached hydrogen (secondary N) is 1. The van der Waals surface area contributed by atoms with Crippen LogP contribution < -0.4 is 14.8 Å². The molecule has 28 heavy (non-hydrogen) atoms. The average Bonchev–Trinajstić information content (AvgIpc) is 2.74. The van der Waals surface area contributed by atoms with Crippen molar-refractivity contribution in [3.8, 4) is 17.6 Å². The van der Waals surface area contributed by atoms with Crippen molar-refractivity contribution < 1.29 is 23.8 Å². The number of nitrogens with zero attached hydrogens (tertiary/aromatic N) is 1. The first-order valence-corrected chi connectivity index (χ1v) is 8.45. The van der Waals surface area contributed by atoms with E-state index in [1.807, 2.05) is 36.4 Å². The van der Waals surface area contributed by atoms with Crippen molar-refractivity contribution in [1.29, 1.82) is 5.26 Å². The molecule has 0 spiro atoms. The molecular weight excluding hydrogens is 360 g/mol. The Bertz CT molecular complexity index is 872. The van der Waals surface area contributed by atoms with E-state index in [9.17, 15) is 9.59 Å². The first kappa shape index (κ1) is 20.5. The van der Waals surface area contributed by atoms with Crippen LogP contribution in [0, 0.1) is 11.3 Å². The Balaban J connectivity index is 1.81. The summed E-state index contributed by atoms with van der Waals surface area (Å²) in [6.07, 6.45) is 2.75. The Morgan fingerprint density at radius 1 is 1.14 bits per heavy atom. The molecule has 1 N–H and O–H groups in total. The van der Waals surface area contributed by atoms with E-state index in [0.29, 0.717) is 23.6 Å². The molecule has 7 heteroatoms. The van der Waals surface area contributed by atoms with Crippen molar-refractivity contribution in [2.75, 3.05) is 20.3 Å². The van der Waals surface area contributed by atoms with Gasteiger partial charge in [0.25, 0.3) is 5.91 Å².